The Bertz CT molecular complexity index is 1450. The molecule has 5 nitrogen and oxygen atoms in total. The van der Waals surface area contributed by atoms with Gasteiger partial charge in [0.2, 0.25) is 0 Å². The zero-order chi connectivity index (χ0) is 28.1. The van der Waals surface area contributed by atoms with Gasteiger partial charge in [0.05, 0.1) is 17.4 Å². The van der Waals surface area contributed by atoms with Gasteiger partial charge < -0.3 is 15.7 Å². The van der Waals surface area contributed by atoms with Gasteiger partial charge >= 0.3 is 0 Å². The first-order valence-corrected chi connectivity index (χ1v) is 13.8. The van der Waals surface area contributed by atoms with Crippen LogP contribution < -0.4 is 10.6 Å². The van der Waals surface area contributed by atoms with Crippen LogP contribution in [0.3, 0.4) is 0 Å². The molecule has 1 aliphatic carbocycles. The van der Waals surface area contributed by atoms with E-state index in [1.807, 2.05) is 60.7 Å². The third-order valence-electron chi connectivity index (χ3n) is 7.73. The quantitative estimate of drug-likeness (QED) is 0.306. The number of allylic oxidation sites excluding steroid dienone is 1. The second kappa shape index (κ2) is 9.71. The van der Waals surface area contributed by atoms with Crippen molar-refractivity contribution in [1.29, 1.82) is 0 Å². The topological polar surface area (TPSA) is 78.4 Å². The number of hydrogen-bond acceptors (Lipinski definition) is 5. The van der Waals surface area contributed by atoms with Crippen molar-refractivity contribution >= 4 is 22.9 Å². The molecule has 0 saturated heterocycles. The molecule has 3 aromatic rings. The lowest BCUT2D eigenvalue weighted by Crippen LogP contribution is -2.25. The predicted molar refractivity (Wildman–Crippen MR) is 158 cm³/mol. The van der Waals surface area contributed by atoms with E-state index in [1.54, 1.807) is 0 Å². The Kier molecular flexibility index (Phi) is 6.66. The molecule has 2 aliphatic rings. The van der Waals surface area contributed by atoms with Crippen LogP contribution in [0.15, 0.2) is 71.9 Å². The maximum atomic E-state index is 13.5. The molecule has 0 radical (unpaired) electrons. The molecule has 0 aromatic heterocycles. The number of hydrogen-bond donors (Lipinski definition) is 3. The van der Waals surface area contributed by atoms with Gasteiger partial charge in [0, 0.05) is 28.8 Å². The second-order valence-corrected chi connectivity index (χ2v) is 12.8. The van der Waals surface area contributed by atoms with Crippen molar-refractivity contribution in [2.24, 2.45) is 0 Å². The summed E-state index contributed by atoms with van der Waals surface area (Å²) < 4.78 is 0. The minimum absolute atomic E-state index is 0.0434. The van der Waals surface area contributed by atoms with Crippen LogP contribution in [0, 0.1) is 0 Å². The largest absolute Gasteiger partial charge is 0.507 e. The van der Waals surface area contributed by atoms with E-state index in [1.165, 1.54) is 0 Å². The number of carbonyl (C=O) groups excluding carboxylic acids is 2. The van der Waals surface area contributed by atoms with Gasteiger partial charge in [0.15, 0.2) is 11.6 Å². The summed E-state index contributed by atoms with van der Waals surface area (Å²) in [7, 11) is 0. The number of rotatable bonds is 3. The molecule has 202 valence electrons. The number of phenolic OH excluding ortho intramolecular Hbond substituents is 1. The number of carbonyl (C=O) groups is 2. The molecule has 3 N–H and O–H groups in total. The van der Waals surface area contributed by atoms with Crippen molar-refractivity contribution in [2.45, 2.75) is 77.7 Å². The van der Waals surface area contributed by atoms with Crippen LogP contribution in [0.5, 0.6) is 5.75 Å². The van der Waals surface area contributed by atoms with Crippen molar-refractivity contribution in [3.8, 4) is 5.75 Å². The molecular formula is C34H38N2O3. The molecule has 1 aliphatic heterocycles. The maximum Gasteiger partial charge on any atom is 0.193 e. The van der Waals surface area contributed by atoms with Gasteiger partial charge in [-0.25, -0.2) is 0 Å². The summed E-state index contributed by atoms with van der Waals surface area (Å²) >= 11 is 0. The summed E-state index contributed by atoms with van der Waals surface area (Å²) in [4.78, 5) is 26.7. The number of benzene rings is 3. The Labute approximate surface area is 231 Å². The Morgan fingerprint density at radius 3 is 2.08 bits per heavy atom. The van der Waals surface area contributed by atoms with E-state index in [4.69, 9.17) is 0 Å². The fraction of sp³-hybridized carbons (Fsp3) is 0.353. The number of phenols is 1. The number of anilines is 2. The first-order valence-electron chi connectivity index (χ1n) is 13.8. The van der Waals surface area contributed by atoms with E-state index in [0.717, 1.165) is 52.2 Å². The van der Waals surface area contributed by atoms with E-state index >= 15 is 0 Å². The molecule has 0 unspecified atom stereocenters. The molecule has 3 aromatic carbocycles. The Hall–Kier alpha value is -3.86. The highest BCUT2D eigenvalue weighted by molar-refractivity contribution is 6.10. The summed E-state index contributed by atoms with van der Waals surface area (Å²) in [5, 5.41) is 18.5. The Balaban J connectivity index is 1.66. The first kappa shape index (κ1) is 26.7. The summed E-state index contributed by atoms with van der Waals surface area (Å²) in [6, 6.07) is 18.6. The van der Waals surface area contributed by atoms with E-state index in [-0.39, 0.29) is 28.4 Å². The van der Waals surface area contributed by atoms with E-state index < -0.39 is 0 Å². The molecule has 5 heteroatoms. The van der Waals surface area contributed by atoms with Gasteiger partial charge in [-0.2, -0.15) is 0 Å². The molecule has 0 fully saturated rings. The molecule has 0 amide bonds. The SMILES string of the molecule is CC(C)(C)c1cc([C@H]2Nc3ccc(C(=O)c4ccccc4)cc3NC3=C2C(=O)CCC3)cc(C(C)(C)C)c1O. The smallest absolute Gasteiger partial charge is 0.193 e. The molecule has 1 heterocycles. The summed E-state index contributed by atoms with van der Waals surface area (Å²) in [5.74, 6) is 0.398. The molecule has 0 spiro atoms. The predicted octanol–water partition coefficient (Wildman–Crippen LogP) is 7.80. The molecule has 0 saturated carbocycles. The number of aromatic hydroxyl groups is 1. The number of fused-ring (bicyclic) bond motifs is 1. The zero-order valence-electron chi connectivity index (χ0n) is 23.7. The van der Waals surface area contributed by atoms with Crippen LogP contribution in [-0.2, 0) is 15.6 Å². The number of ketones is 2. The van der Waals surface area contributed by atoms with Crippen molar-refractivity contribution in [2.75, 3.05) is 10.6 Å². The zero-order valence-corrected chi connectivity index (χ0v) is 23.7. The molecule has 39 heavy (non-hydrogen) atoms. The number of Topliss-reactive ketones (excluding diaryl/α,β-unsaturated/α-hetero) is 1. The van der Waals surface area contributed by atoms with Crippen LogP contribution in [-0.4, -0.2) is 16.7 Å². The molecule has 1 atom stereocenters. The van der Waals surface area contributed by atoms with Crippen molar-refractivity contribution < 1.29 is 14.7 Å². The molecular weight excluding hydrogens is 484 g/mol. The lowest BCUT2D eigenvalue weighted by molar-refractivity contribution is -0.116. The highest BCUT2D eigenvalue weighted by Gasteiger charge is 2.35. The van der Waals surface area contributed by atoms with E-state index in [9.17, 15) is 14.7 Å². The fourth-order valence-corrected chi connectivity index (χ4v) is 5.61. The monoisotopic (exact) mass is 522 g/mol. The van der Waals surface area contributed by atoms with Crippen molar-refractivity contribution in [3.63, 3.8) is 0 Å². The Morgan fingerprint density at radius 1 is 0.821 bits per heavy atom. The van der Waals surface area contributed by atoms with Gasteiger partial charge in [-0.3, -0.25) is 9.59 Å². The van der Waals surface area contributed by atoms with Crippen LogP contribution in [0.4, 0.5) is 11.4 Å². The minimum atomic E-state index is -0.389. The highest BCUT2D eigenvalue weighted by atomic mass is 16.3. The van der Waals surface area contributed by atoms with Gasteiger partial charge in [0.25, 0.3) is 0 Å². The lowest BCUT2D eigenvalue weighted by Gasteiger charge is -2.31. The average Bonchev–Trinajstić information content (AvgIpc) is 3.04. The lowest BCUT2D eigenvalue weighted by atomic mass is 9.76. The van der Waals surface area contributed by atoms with E-state index in [2.05, 4.69) is 52.2 Å². The summed E-state index contributed by atoms with van der Waals surface area (Å²) in [6.07, 6.45) is 2.04. The van der Waals surface area contributed by atoms with Crippen LogP contribution in [0.1, 0.15) is 99.5 Å². The summed E-state index contributed by atoms with van der Waals surface area (Å²) in [6.45, 7) is 12.6. The van der Waals surface area contributed by atoms with Crippen LogP contribution in [0.2, 0.25) is 0 Å². The van der Waals surface area contributed by atoms with Crippen LogP contribution in [0.25, 0.3) is 0 Å². The standard InChI is InChI=1S/C34H38N2O3/c1-33(2,3)23-17-22(18-24(32(23)39)34(4,5)6)30-29-26(13-10-14-28(29)37)35-27-19-21(15-16-25(27)36-30)31(38)20-11-8-7-9-12-20/h7-9,11-12,15-19,30,35-36,39H,10,13-14H2,1-6H3/t30-/m1/s1. The third-order valence-corrected chi connectivity index (χ3v) is 7.73. The minimum Gasteiger partial charge on any atom is -0.507 e. The van der Waals surface area contributed by atoms with Crippen molar-refractivity contribution in [3.05, 3.63) is 99.8 Å². The maximum absolute atomic E-state index is 13.5. The fourth-order valence-electron chi connectivity index (χ4n) is 5.61. The third kappa shape index (κ3) is 5.10. The van der Waals surface area contributed by atoms with Crippen LogP contribution >= 0.6 is 0 Å². The van der Waals surface area contributed by atoms with Gasteiger partial charge in [-0.1, -0.05) is 71.9 Å². The number of nitrogens with one attached hydrogen (secondary N) is 2. The van der Waals surface area contributed by atoms with Gasteiger partial charge in [-0.05, 0) is 70.7 Å². The highest BCUT2D eigenvalue weighted by Crippen LogP contribution is 2.45. The van der Waals surface area contributed by atoms with Crippen molar-refractivity contribution in [1.82, 2.24) is 0 Å². The first-order chi connectivity index (χ1) is 18.3. The van der Waals surface area contributed by atoms with Gasteiger partial charge in [-0.15, -0.1) is 0 Å². The van der Waals surface area contributed by atoms with E-state index in [0.29, 0.717) is 23.3 Å². The second-order valence-electron chi connectivity index (χ2n) is 12.8. The molecule has 5 rings (SSSR count). The Morgan fingerprint density at radius 2 is 1.46 bits per heavy atom. The summed E-state index contributed by atoms with van der Waals surface area (Å²) in [5.41, 5.74) is 6.56. The normalized spacial score (nSPS) is 17.5. The molecule has 0 bridgehead atoms. The van der Waals surface area contributed by atoms with Gasteiger partial charge in [0.1, 0.15) is 5.75 Å². The average molecular weight is 523 g/mol.